The fraction of sp³-hybridized carbons (Fsp3) is 0.474. The lowest BCUT2D eigenvalue weighted by atomic mass is 10.0. The van der Waals surface area contributed by atoms with E-state index in [1.54, 1.807) is 13.8 Å². The summed E-state index contributed by atoms with van der Waals surface area (Å²) in [6.45, 7) is 4.69. The fourth-order valence-electron chi connectivity index (χ4n) is 3.45. The van der Waals surface area contributed by atoms with E-state index in [1.165, 1.54) is 23.8 Å². The largest absolute Gasteiger partial charge is 0.344 e. The molecule has 158 valence electrons. The molecule has 3 atom stereocenters. The van der Waals surface area contributed by atoms with Crippen molar-refractivity contribution in [1.29, 1.82) is 0 Å². The van der Waals surface area contributed by atoms with Crippen molar-refractivity contribution in [3.63, 3.8) is 0 Å². The highest BCUT2D eigenvalue weighted by atomic mass is 32.2. The van der Waals surface area contributed by atoms with E-state index in [2.05, 4.69) is 15.3 Å². The highest BCUT2D eigenvalue weighted by Gasteiger charge is 2.37. The molecule has 10 heteroatoms. The Labute approximate surface area is 168 Å². The number of benzene rings is 1. The maximum atomic E-state index is 14.7. The molecule has 1 aliphatic rings. The number of amides is 1. The number of nitrogens with one attached hydrogen (secondary N) is 2. The summed E-state index contributed by atoms with van der Waals surface area (Å²) in [5.41, 5.74) is 0.137. The van der Waals surface area contributed by atoms with Crippen molar-refractivity contribution >= 4 is 15.9 Å². The Bertz CT molecular complexity index is 995. The highest BCUT2D eigenvalue weighted by Crippen LogP contribution is 2.29. The Hall–Kier alpha value is -2.33. The van der Waals surface area contributed by atoms with E-state index in [-0.39, 0.29) is 29.4 Å². The first-order valence-corrected chi connectivity index (χ1v) is 10.9. The van der Waals surface area contributed by atoms with Gasteiger partial charge in [-0.05, 0) is 45.7 Å². The summed E-state index contributed by atoms with van der Waals surface area (Å²) >= 11 is 0. The maximum Gasteiger partial charge on any atom is 0.269 e. The molecule has 2 aromatic rings. The number of imidazole rings is 1. The molecule has 2 heterocycles. The zero-order valence-electron chi connectivity index (χ0n) is 16.4. The summed E-state index contributed by atoms with van der Waals surface area (Å²) in [4.78, 5) is 18.5. The van der Waals surface area contributed by atoms with E-state index < -0.39 is 38.9 Å². The number of carbonyl (C=O) groups excluding carboxylic acids is 1. The molecule has 1 aromatic heterocycles. The van der Waals surface area contributed by atoms with E-state index in [4.69, 9.17) is 0 Å². The van der Waals surface area contributed by atoms with Crippen LogP contribution < -0.4 is 5.32 Å². The van der Waals surface area contributed by atoms with Gasteiger partial charge in [0.25, 0.3) is 5.91 Å². The van der Waals surface area contributed by atoms with E-state index >= 15 is 0 Å². The summed E-state index contributed by atoms with van der Waals surface area (Å²) in [6.07, 6.45) is 3.87. The standard InChI is InChI=1S/C19H24F2N4O3S/c1-11-4-5-12(2)29(27,28)25(11)9-14-6-17(21)15(7-16(14)20)13(3)24-19(26)18-8-22-10-23-18/h6-8,10-13H,4-5,9H2,1-3H3,(H,22,23)(H,24,26)/t11-,12-,13?/m1/s1. The van der Waals surface area contributed by atoms with Crippen molar-refractivity contribution in [3.05, 3.63) is 53.1 Å². The van der Waals surface area contributed by atoms with Gasteiger partial charge in [-0.15, -0.1) is 0 Å². The third-order valence-corrected chi connectivity index (χ3v) is 7.76. The quantitative estimate of drug-likeness (QED) is 0.769. The van der Waals surface area contributed by atoms with Gasteiger partial charge in [-0.25, -0.2) is 22.2 Å². The van der Waals surface area contributed by atoms with Crippen LogP contribution in [0.4, 0.5) is 8.78 Å². The van der Waals surface area contributed by atoms with E-state index in [0.717, 1.165) is 12.1 Å². The predicted octanol–water partition coefficient (Wildman–Crippen LogP) is 2.88. The first-order chi connectivity index (χ1) is 13.6. The lowest BCUT2D eigenvalue weighted by molar-refractivity contribution is 0.0934. The third kappa shape index (κ3) is 4.32. The van der Waals surface area contributed by atoms with Gasteiger partial charge in [0.1, 0.15) is 17.3 Å². The van der Waals surface area contributed by atoms with E-state index in [1.807, 2.05) is 0 Å². The van der Waals surface area contributed by atoms with Crippen molar-refractivity contribution in [3.8, 4) is 0 Å². The molecule has 1 amide bonds. The SMILES string of the molecule is CC(NC(=O)c1cnc[nH]1)c1cc(F)c(CN2[C@H](C)CC[C@@H](C)S2(=O)=O)cc1F. The molecule has 1 unspecified atom stereocenters. The number of hydrogen-bond acceptors (Lipinski definition) is 4. The first kappa shape index (κ1) is 21.4. The highest BCUT2D eigenvalue weighted by molar-refractivity contribution is 7.89. The second kappa shape index (κ2) is 8.19. The van der Waals surface area contributed by atoms with Crippen molar-refractivity contribution in [2.24, 2.45) is 0 Å². The van der Waals surface area contributed by atoms with Crippen molar-refractivity contribution < 1.29 is 22.0 Å². The van der Waals surface area contributed by atoms with E-state index in [9.17, 15) is 22.0 Å². The minimum Gasteiger partial charge on any atom is -0.344 e. The number of aromatic amines is 1. The summed E-state index contributed by atoms with van der Waals surface area (Å²) in [7, 11) is -3.57. The summed E-state index contributed by atoms with van der Waals surface area (Å²) in [6, 6.07) is 0.927. The molecule has 0 saturated carbocycles. The molecule has 1 aliphatic heterocycles. The van der Waals surface area contributed by atoms with Crippen molar-refractivity contribution in [2.45, 2.75) is 57.5 Å². The summed E-state index contributed by atoms with van der Waals surface area (Å²) in [5, 5.41) is 2.02. The smallest absolute Gasteiger partial charge is 0.269 e. The number of aromatic nitrogens is 2. The molecular weight excluding hydrogens is 402 g/mol. The Balaban J connectivity index is 1.81. The summed E-state index contributed by atoms with van der Waals surface area (Å²) in [5.74, 6) is -1.93. The molecule has 3 rings (SSSR count). The van der Waals surface area contributed by atoms with Crippen LogP contribution in [0.2, 0.25) is 0 Å². The van der Waals surface area contributed by atoms with Gasteiger partial charge in [-0.2, -0.15) is 4.31 Å². The van der Waals surface area contributed by atoms with Crippen LogP contribution in [0.5, 0.6) is 0 Å². The molecule has 7 nitrogen and oxygen atoms in total. The van der Waals surface area contributed by atoms with Crippen molar-refractivity contribution in [1.82, 2.24) is 19.6 Å². The second-order valence-electron chi connectivity index (χ2n) is 7.45. The lowest BCUT2D eigenvalue weighted by Gasteiger charge is -2.36. The fourth-order valence-corrected chi connectivity index (χ4v) is 5.28. The van der Waals surface area contributed by atoms with Crippen LogP contribution in [0.25, 0.3) is 0 Å². The van der Waals surface area contributed by atoms with Gasteiger partial charge in [0.05, 0.1) is 23.8 Å². The lowest BCUT2D eigenvalue weighted by Crippen LogP contribution is -2.47. The number of nitrogens with zero attached hydrogens (tertiary/aromatic N) is 2. The van der Waals surface area contributed by atoms with Crippen LogP contribution in [0.3, 0.4) is 0 Å². The van der Waals surface area contributed by atoms with Crippen LogP contribution in [0.15, 0.2) is 24.7 Å². The number of hydrogen-bond donors (Lipinski definition) is 2. The average molecular weight is 426 g/mol. The van der Waals surface area contributed by atoms with Gasteiger partial charge < -0.3 is 10.3 Å². The third-order valence-electron chi connectivity index (χ3n) is 5.37. The molecule has 1 fully saturated rings. The maximum absolute atomic E-state index is 14.7. The number of H-pyrrole nitrogens is 1. The van der Waals surface area contributed by atoms with Gasteiger partial charge >= 0.3 is 0 Å². The second-order valence-corrected chi connectivity index (χ2v) is 9.76. The number of carbonyl (C=O) groups is 1. The van der Waals surface area contributed by atoms with Crippen LogP contribution in [0, 0.1) is 11.6 Å². The van der Waals surface area contributed by atoms with Gasteiger partial charge in [0.2, 0.25) is 10.0 Å². The first-order valence-electron chi connectivity index (χ1n) is 9.39. The minimum atomic E-state index is -3.57. The topological polar surface area (TPSA) is 95.2 Å². The van der Waals surface area contributed by atoms with Gasteiger partial charge in [0.15, 0.2) is 0 Å². The van der Waals surface area contributed by atoms with Crippen LogP contribution in [-0.4, -0.2) is 39.9 Å². The van der Waals surface area contributed by atoms with Gasteiger partial charge in [-0.1, -0.05) is 0 Å². The zero-order chi connectivity index (χ0) is 21.3. The number of rotatable bonds is 5. The van der Waals surface area contributed by atoms with Crippen LogP contribution >= 0.6 is 0 Å². The molecule has 29 heavy (non-hydrogen) atoms. The molecule has 1 aromatic carbocycles. The molecule has 0 aliphatic carbocycles. The predicted molar refractivity (Wildman–Crippen MR) is 103 cm³/mol. The molecule has 1 saturated heterocycles. The van der Waals surface area contributed by atoms with Crippen molar-refractivity contribution in [2.75, 3.05) is 0 Å². The monoisotopic (exact) mass is 426 g/mol. The molecular formula is C19H24F2N4O3S. The van der Waals surface area contributed by atoms with Crippen LogP contribution in [0.1, 0.15) is 61.3 Å². The Morgan fingerprint density at radius 2 is 2.03 bits per heavy atom. The zero-order valence-corrected chi connectivity index (χ0v) is 17.3. The average Bonchev–Trinajstić information content (AvgIpc) is 3.19. The molecule has 0 bridgehead atoms. The number of sulfonamides is 1. The molecule has 0 radical (unpaired) electrons. The summed E-state index contributed by atoms with van der Waals surface area (Å²) < 4.78 is 55.8. The van der Waals surface area contributed by atoms with Crippen LogP contribution in [-0.2, 0) is 16.6 Å². The normalized spacial score (nSPS) is 22.9. The minimum absolute atomic E-state index is 0.0259. The Morgan fingerprint density at radius 3 is 2.69 bits per heavy atom. The van der Waals surface area contributed by atoms with Gasteiger partial charge in [-0.3, -0.25) is 4.79 Å². The molecule has 2 N–H and O–H groups in total. The molecule has 0 spiro atoms. The Kier molecular flexibility index (Phi) is 6.04. The Morgan fingerprint density at radius 1 is 1.31 bits per heavy atom. The van der Waals surface area contributed by atoms with E-state index in [0.29, 0.717) is 12.8 Å². The number of halogens is 2. The van der Waals surface area contributed by atoms with Gasteiger partial charge in [0, 0.05) is 23.7 Å².